The van der Waals surface area contributed by atoms with Crippen LogP contribution in [0.3, 0.4) is 0 Å². The summed E-state index contributed by atoms with van der Waals surface area (Å²) in [5, 5.41) is 41.2. The Balaban J connectivity index is 2.39. The largest absolute Gasteiger partial charge is 0.507 e. The Kier molecular flexibility index (Phi) is 4.12. The van der Waals surface area contributed by atoms with Gasteiger partial charge in [0.1, 0.15) is 17.3 Å². The third kappa shape index (κ3) is 2.66. The lowest BCUT2D eigenvalue weighted by Gasteiger charge is -2.38. The SMILES string of the molecule is COC(=CC(=O)O)C1c2cc3cccc(O)c3c(O)c2C(=O)CC1(C)O. The van der Waals surface area contributed by atoms with Gasteiger partial charge in [-0.25, -0.2) is 4.79 Å². The third-order valence-corrected chi connectivity index (χ3v) is 4.66. The summed E-state index contributed by atoms with van der Waals surface area (Å²) in [6, 6.07) is 6.15. The monoisotopic (exact) mass is 358 g/mol. The number of phenolic OH excluding ortho intramolecular Hbond substituents is 2. The number of ketones is 1. The number of carbonyl (C=O) groups is 2. The molecule has 7 nitrogen and oxygen atoms in total. The van der Waals surface area contributed by atoms with Crippen LogP contribution in [0.1, 0.15) is 35.2 Å². The molecule has 0 bridgehead atoms. The van der Waals surface area contributed by atoms with E-state index < -0.39 is 29.0 Å². The molecular weight excluding hydrogens is 340 g/mol. The van der Waals surface area contributed by atoms with E-state index in [-0.39, 0.29) is 34.4 Å². The maximum Gasteiger partial charge on any atom is 0.331 e. The second kappa shape index (κ2) is 6.03. The number of phenols is 2. The van der Waals surface area contributed by atoms with Crippen LogP contribution in [0.25, 0.3) is 10.8 Å². The lowest BCUT2D eigenvalue weighted by atomic mass is 9.70. The van der Waals surface area contributed by atoms with Crippen LogP contribution in [0.4, 0.5) is 0 Å². The fraction of sp³-hybridized carbons (Fsp3) is 0.263. The van der Waals surface area contributed by atoms with E-state index in [2.05, 4.69) is 0 Å². The van der Waals surface area contributed by atoms with E-state index in [0.29, 0.717) is 5.39 Å². The van der Waals surface area contributed by atoms with Crippen LogP contribution in [-0.2, 0) is 9.53 Å². The van der Waals surface area contributed by atoms with Crippen molar-refractivity contribution in [1.29, 1.82) is 0 Å². The molecule has 0 aromatic heterocycles. The number of Topliss-reactive ketones (excluding diaryl/α,β-unsaturated/α-hetero) is 1. The molecule has 1 aliphatic carbocycles. The summed E-state index contributed by atoms with van der Waals surface area (Å²) in [5.74, 6) is -3.37. The molecule has 136 valence electrons. The molecule has 26 heavy (non-hydrogen) atoms. The summed E-state index contributed by atoms with van der Waals surface area (Å²) in [6.07, 6.45) is 0.486. The van der Waals surface area contributed by atoms with Gasteiger partial charge in [0.2, 0.25) is 0 Å². The topological polar surface area (TPSA) is 124 Å². The molecule has 0 amide bonds. The van der Waals surface area contributed by atoms with E-state index in [9.17, 15) is 24.9 Å². The summed E-state index contributed by atoms with van der Waals surface area (Å²) < 4.78 is 5.18. The smallest absolute Gasteiger partial charge is 0.331 e. The van der Waals surface area contributed by atoms with Crippen LogP contribution in [-0.4, -0.2) is 44.9 Å². The Labute approximate surface area is 148 Å². The maximum absolute atomic E-state index is 12.6. The summed E-state index contributed by atoms with van der Waals surface area (Å²) in [5.41, 5.74) is -1.42. The standard InChI is InChI=1S/C19H18O7/c1-19(25)8-12(21)16-10(17(19)13(26-2)7-14(22)23)6-9-4-3-5-11(20)15(9)18(16)24/h3-7,17,20,24-25H,8H2,1-2H3,(H,22,23). The quantitative estimate of drug-likeness (QED) is 0.490. The Bertz CT molecular complexity index is 956. The van der Waals surface area contributed by atoms with Crippen molar-refractivity contribution in [1.82, 2.24) is 0 Å². The number of fused-ring (bicyclic) bond motifs is 2. The molecule has 2 aromatic carbocycles. The number of hydrogen-bond donors (Lipinski definition) is 4. The molecular formula is C19H18O7. The van der Waals surface area contributed by atoms with Gasteiger partial charge in [-0.15, -0.1) is 0 Å². The average Bonchev–Trinajstić information content (AvgIpc) is 2.51. The van der Waals surface area contributed by atoms with Crippen LogP contribution in [0.15, 0.2) is 36.1 Å². The van der Waals surface area contributed by atoms with Crippen LogP contribution < -0.4 is 0 Å². The minimum atomic E-state index is -1.61. The second-order valence-electron chi connectivity index (χ2n) is 6.54. The van der Waals surface area contributed by atoms with Crippen LogP contribution in [0.5, 0.6) is 11.5 Å². The van der Waals surface area contributed by atoms with Gasteiger partial charge in [0, 0.05) is 6.42 Å². The molecule has 3 rings (SSSR count). The normalized spacial score (nSPS) is 23.0. The predicted octanol–water partition coefficient (Wildman–Crippen LogP) is 2.29. The summed E-state index contributed by atoms with van der Waals surface area (Å²) in [4.78, 5) is 23.7. The first kappa shape index (κ1) is 17.8. The Hall–Kier alpha value is -3.06. The van der Waals surface area contributed by atoms with Gasteiger partial charge in [-0.05, 0) is 30.0 Å². The molecule has 7 heteroatoms. The van der Waals surface area contributed by atoms with Crippen molar-refractivity contribution in [3.05, 3.63) is 47.2 Å². The van der Waals surface area contributed by atoms with E-state index in [1.807, 2.05) is 0 Å². The van der Waals surface area contributed by atoms with Crippen molar-refractivity contribution in [3.63, 3.8) is 0 Å². The zero-order valence-corrected chi connectivity index (χ0v) is 14.2. The first-order valence-corrected chi connectivity index (χ1v) is 7.89. The number of hydrogen-bond acceptors (Lipinski definition) is 6. The van der Waals surface area contributed by atoms with Crippen LogP contribution in [0.2, 0.25) is 0 Å². The van der Waals surface area contributed by atoms with Crippen LogP contribution in [0, 0.1) is 0 Å². The van der Waals surface area contributed by atoms with Gasteiger partial charge in [-0.1, -0.05) is 12.1 Å². The van der Waals surface area contributed by atoms with Crippen molar-refractivity contribution in [3.8, 4) is 11.5 Å². The molecule has 2 unspecified atom stereocenters. The lowest BCUT2D eigenvalue weighted by Crippen LogP contribution is -2.41. The third-order valence-electron chi connectivity index (χ3n) is 4.66. The Morgan fingerprint density at radius 3 is 2.65 bits per heavy atom. The zero-order chi connectivity index (χ0) is 19.2. The lowest BCUT2D eigenvalue weighted by molar-refractivity contribution is -0.131. The highest BCUT2D eigenvalue weighted by Crippen LogP contribution is 2.49. The highest BCUT2D eigenvalue weighted by molar-refractivity contribution is 6.09. The highest BCUT2D eigenvalue weighted by atomic mass is 16.5. The van der Waals surface area contributed by atoms with Crippen LogP contribution >= 0.6 is 0 Å². The molecule has 0 radical (unpaired) electrons. The fourth-order valence-corrected chi connectivity index (χ4v) is 3.65. The number of rotatable bonds is 3. The minimum Gasteiger partial charge on any atom is -0.507 e. The molecule has 2 atom stereocenters. The van der Waals surface area contributed by atoms with Gasteiger partial charge in [-0.2, -0.15) is 0 Å². The molecule has 0 saturated heterocycles. The summed E-state index contributed by atoms with van der Waals surface area (Å²) >= 11 is 0. The van der Waals surface area contributed by atoms with Gasteiger partial charge >= 0.3 is 5.97 Å². The summed E-state index contributed by atoms with van der Waals surface area (Å²) in [6.45, 7) is 1.41. The van der Waals surface area contributed by atoms with E-state index in [4.69, 9.17) is 9.84 Å². The highest BCUT2D eigenvalue weighted by Gasteiger charge is 2.46. The summed E-state index contributed by atoms with van der Waals surface area (Å²) in [7, 11) is 1.27. The number of carboxylic acids is 1. The molecule has 2 aromatic rings. The molecule has 0 spiro atoms. The molecule has 0 aliphatic heterocycles. The van der Waals surface area contributed by atoms with Crippen molar-refractivity contribution in [2.24, 2.45) is 0 Å². The van der Waals surface area contributed by atoms with Gasteiger partial charge in [0.25, 0.3) is 0 Å². The maximum atomic E-state index is 12.6. The van der Waals surface area contributed by atoms with E-state index in [1.54, 1.807) is 18.2 Å². The number of aromatic hydroxyl groups is 2. The Morgan fingerprint density at radius 2 is 2.04 bits per heavy atom. The van der Waals surface area contributed by atoms with Gasteiger partial charge < -0.3 is 25.2 Å². The van der Waals surface area contributed by atoms with E-state index >= 15 is 0 Å². The zero-order valence-electron chi connectivity index (χ0n) is 14.2. The van der Waals surface area contributed by atoms with Crippen molar-refractivity contribution >= 4 is 22.5 Å². The van der Waals surface area contributed by atoms with Crippen molar-refractivity contribution in [2.45, 2.75) is 24.9 Å². The fourth-order valence-electron chi connectivity index (χ4n) is 3.65. The van der Waals surface area contributed by atoms with E-state index in [0.717, 1.165) is 6.08 Å². The van der Waals surface area contributed by atoms with Gasteiger partial charge in [0.05, 0.1) is 35.7 Å². The number of methoxy groups -OCH3 is 1. The molecule has 4 N–H and O–H groups in total. The van der Waals surface area contributed by atoms with Gasteiger partial charge in [0.15, 0.2) is 5.78 Å². The number of ether oxygens (including phenoxy) is 1. The first-order valence-electron chi connectivity index (χ1n) is 7.89. The number of aliphatic hydroxyl groups is 1. The number of carboxylic acid groups (broad SMARTS) is 1. The minimum absolute atomic E-state index is 0.0462. The predicted molar refractivity (Wildman–Crippen MR) is 92.3 cm³/mol. The van der Waals surface area contributed by atoms with E-state index in [1.165, 1.54) is 20.1 Å². The molecule has 0 fully saturated rings. The molecule has 1 aliphatic rings. The molecule has 0 saturated carbocycles. The van der Waals surface area contributed by atoms with Crippen molar-refractivity contribution in [2.75, 3.05) is 7.11 Å². The average molecular weight is 358 g/mol. The molecule has 0 heterocycles. The van der Waals surface area contributed by atoms with Gasteiger partial charge in [-0.3, -0.25) is 4.79 Å². The second-order valence-corrected chi connectivity index (χ2v) is 6.54. The Morgan fingerprint density at radius 1 is 1.35 bits per heavy atom. The first-order chi connectivity index (χ1) is 12.2. The number of benzene rings is 2. The number of carbonyl (C=O) groups excluding carboxylic acids is 1. The number of aliphatic carboxylic acids is 1. The van der Waals surface area contributed by atoms with Crippen molar-refractivity contribution < 1.29 is 34.8 Å².